The summed E-state index contributed by atoms with van der Waals surface area (Å²) in [5, 5.41) is 10.6. The topological polar surface area (TPSA) is 80.5 Å². The Morgan fingerprint density at radius 3 is 2.84 bits per heavy atom. The van der Waals surface area contributed by atoms with Gasteiger partial charge in [-0.1, -0.05) is 18.2 Å². The number of rotatable bonds is 3. The number of carbonyl (C=O) groups is 2. The second kappa shape index (κ2) is 5.26. The Bertz CT molecular complexity index is 604. The molecule has 1 aliphatic heterocycles. The Balaban J connectivity index is 2.10. The summed E-state index contributed by atoms with van der Waals surface area (Å²) in [4.78, 5) is 34.1. The molecule has 0 bridgehead atoms. The number of amides is 2. The van der Waals surface area contributed by atoms with Crippen LogP contribution in [-0.2, 0) is 9.59 Å². The zero-order chi connectivity index (χ0) is 13.8. The van der Waals surface area contributed by atoms with Crippen molar-refractivity contribution in [2.75, 3.05) is 6.54 Å². The minimum absolute atomic E-state index is 0.0477. The maximum atomic E-state index is 11.7. The van der Waals surface area contributed by atoms with E-state index in [4.69, 9.17) is 0 Å². The predicted octanol–water partition coefficient (Wildman–Crippen LogP) is 1.53. The van der Waals surface area contributed by atoms with Gasteiger partial charge in [-0.3, -0.25) is 24.6 Å². The Labute approximate surface area is 108 Å². The lowest BCUT2D eigenvalue weighted by Crippen LogP contribution is -2.30. The Kier molecular flexibility index (Phi) is 3.51. The first kappa shape index (κ1) is 12.7. The van der Waals surface area contributed by atoms with Gasteiger partial charge in [0.1, 0.15) is 0 Å². The summed E-state index contributed by atoms with van der Waals surface area (Å²) in [6, 6.07) is 5.90. The highest BCUT2D eigenvalue weighted by atomic mass is 16.6. The SMILES string of the molecule is O=C1C=CCN1C(=O)C=Cc1cccc([N+](=O)[O-])c1. The molecule has 0 saturated carbocycles. The van der Waals surface area contributed by atoms with Gasteiger partial charge in [0.15, 0.2) is 0 Å². The van der Waals surface area contributed by atoms with Crippen molar-refractivity contribution < 1.29 is 14.5 Å². The fourth-order valence-electron chi connectivity index (χ4n) is 1.64. The molecule has 0 fully saturated rings. The molecule has 0 spiro atoms. The lowest BCUT2D eigenvalue weighted by Gasteiger charge is -2.09. The summed E-state index contributed by atoms with van der Waals surface area (Å²) >= 11 is 0. The molecule has 19 heavy (non-hydrogen) atoms. The van der Waals surface area contributed by atoms with E-state index in [9.17, 15) is 19.7 Å². The first-order chi connectivity index (χ1) is 9.08. The molecule has 1 heterocycles. The van der Waals surface area contributed by atoms with Crippen molar-refractivity contribution >= 4 is 23.6 Å². The average molecular weight is 258 g/mol. The van der Waals surface area contributed by atoms with Gasteiger partial charge in [0.05, 0.1) is 4.92 Å². The molecular formula is C13H10N2O4. The van der Waals surface area contributed by atoms with Crippen LogP contribution in [-0.4, -0.2) is 28.2 Å². The van der Waals surface area contributed by atoms with Crippen molar-refractivity contribution in [3.63, 3.8) is 0 Å². The maximum Gasteiger partial charge on any atom is 0.270 e. The largest absolute Gasteiger partial charge is 0.272 e. The minimum atomic E-state index is -0.507. The van der Waals surface area contributed by atoms with E-state index in [1.807, 2.05) is 0 Å². The average Bonchev–Trinajstić information content (AvgIpc) is 2.82. The molecule has 96 valence electrons. The predicted molar refractivity (Wildman–Crippen MR) is 68.0 cm³/mol. The van der Waals surface area contributed by atoms with Crippen molar-refractivity contribution in [1.29, 1.82) is 0 Å². The molecule has 0 atom stereocenters. The van der Waals surface area contributed by atoms with Crippen LogP contribution in [0.2, 0.25) is 0 Å². The van der Waals surface area contributed by atoms with E-state index in [0.717, 1.165) is 4.90 Å². The van der Waals surface area contributed by atoms with E-state index in [0.29, 0.717) is 5.56 Å². The van der Waals surface area contributed by atoms with Crippen LogP contribution in [0.25, 0.3) is 6.08 Å². The highest BCUT2D eigenvalue weighted by molar-refractivity contribution is 6.08. The summed E-state index contributed by atoms with van der Waals surface area (Å²) in [6.45, 7) is 0.261. The standard InChI is InChI=1S/C13H10N2O4/c16-12-5-2-8-14(12)13(17)7-6-10-3-1-4-11(9-10)15(18)19/h1-7,9H,8H2. The van der Waals surface area contributed by atoms with Crippen molar-refractivity contribution in [3.8, 4) is 0 Å². The van der Waals surface area contributed by atoms with Crippen LogP contribution >= 0.6 is 0 Å². The first-order valence-corrected chi connectivity index (χ1v) is 5.52. The van der Waals surface area contributed by atoms with Gasteiger partial charge in [0.25, 0.3) is 17.5 Å². The number of nitro groups is 1. The van der Waals surface area contributed by atoms with Gasteiger partial charge in [-0.05, 0) is 11.6 Å². The van der Waals surface area contributed by atoms with Gasteiger partial charge in [0.2, 0.25) is 0 Å². The highest BCUT2D eigenvalue weighted by Gasteiger charge is 2.19. The molecule has 1 aromatic carbocycles. The molecule has 0 aromatic heterocycles. The third kappa shape index (κ3) is 2.92. The van der Waals surface area contributed by atoms with Crippen molar-refractivity contribution in [3.05, 3.63) is 58.2 Å². The monoisotopic (exact) mass is 258 g/mol. The van der Waals surface area contributed by atoms with Crippen molar-refractivity contribution in [2.24, 2.45) is 0 Å². The van der Waals surface area contributed by atoms with Gasteiger partial charge in [-0.15, -0.1) is 0 Å². The highest BCUT2D eigenvalue weighted by Crippen LogP contribution is 2.14. The normalized spacial score (nSPS) is 14.3. The van der Waals surface area contributed by atoms with E-state index >= 15 is 0 Å². The molecule has 6 heteroatoms. The van der Waals surface area contributed by atoms with Crippen LogP contribution in [0.4, 0.5) is 5.69 Å². The van der Waals surface area contributed by atoms with Gasteiger partial charge in [0, 0.05) is 30.8 Å². The smallest absolute Gasteiger partial charge is 0.270 e. The van der Waals surface area contributed by atoms with E-state index in [1.54, 1.807) is 12.1 Å². The molecule has 0 saturated heterocycles. The number of benzene rings is 1. The van der Waals surface area contributed by atoms with Crippen LogP contribution in [0.3, 0.4) is 0 Å². The molecule has 1 aliphatic rings. The van der Waals surface area contributed by atoms with Crippen LogP contribution < -0.4 is 0 Å². The van der Waals surface area contributed by atoms with Crippen LogP contribution in [0.5, 0.6) is 0 Å². The van der Waals surface area contributed by atoms with Gasteiger partial charge < -0.3 is 0 Å². The molecule has 0 aliphatic carbocycles. The zero-order valence-electron chi connectivity index (χ0n) is 9.85. The molecule has 1 aromatic rings. The third-order valence-electron chi connectivity index (χ3n) is 2.58. The number of carbonyl (C=O) groups excluding carboxylic acids is 2. The molecule has 6 nitrogen and oxygen atoms in total. The second-order valence-corrected chi connectivity index (χ2v) is 3.87. The molecule has 2 rings (SSSR count). The summed E-state index contributed by atoms with van der Waals surface area (Å²) in [5.74, 6) is -0.796. The Morgan fingerprint density at radius 2 is 2.21 bits per heavy atom. The molecule has 0 unspecified atom stereocenters. The summed E-state index contributed by atoms with van der Waals surface area (Å²) in [7, 11) is 0. The fourth-order valence-corrected chi connectivity index (χ4v) is 1.64. The van der Waals surface area contributed by atoms with Gasteiger partial charge >= 0.3 is 0 Å². The fraction of sp³-hybridized carbons (Fsp3) is 0.0769. The number of hydrogen-bond acceptors (Lipinski definition) is 4. The Hall–Kier alpha value is -2.76. The van der Waals surface area contributed by atoms with Crippen LogP contribution in [0, 0.1) is 10.1 Å². The van der Waals surface area contributed by atoms with E-state index in [-0.39, 0.29) is 18.1 Å². The number of imide groups is 1. The molecule has 0 N–H and O–H groups in total. The number of hydrogen-bond donors (Lipinski definition) is 0. The number of nitrogens with zero attached hydrogens (tertiary/aromatic N) is 2. The van der Waals surface area contributed by atoms with E-state index in [2.05, 4.69) is 0 Å². The Morgan fingerprint density at radius 1 is 1.42 bits per heavy atom. The third-order valence-corrected chi connectivity index (χ3v) is 2.58. The van der Waals surface area contributed by atoms with Crippen molar-refractivity contribution in [1.82, 2.24) is 4.90 Å². The quantitative estimate of drug-likeness (QED) is 0.468. The van der Waals surface area contributed by atoms with E-state index < -0.39 is 10.8 Å². The number of non-ortho nitro benzene ring substituents is 1. The van der Waals surface area contributed by atoms with Crippen LogP contribution in [0.1, 0.15) is 5.56 Å². The first-order valence-electron chi connectivity index (χ1n) is 5.52. The summed E-state index contributed by atoms with van der Waals surface area (Å²) < 4.78 is 0. The number of nitro benzene ring substituents is 1. The summed E-state index contributed by atoms with van der Waals surface area (Å²) in [6.07, 6.45) is 5.60. The van der Waals surface area contributed by atoms with Crippen LogP contribution in [0.15, 0.2) is 42.5 Å². The minimum Gasteiger partial charge on any atom is -0.272 e. The lowest BCUT2D eigenvalue weighted by atomic mass is 10.2. The second-order valence-electron chi connectivity index (χ2n) is 3.87. The molecule has 2 amide bonds. The zero-order valence-corrected chi connectivity index (χ0v) is 9.85. The van der Waals surface area contributed by atoms with Crippen molar-refractivity contribution in [2.45, 2.75) is 0 Å². The van der Waals surface area contributed by atoms with E-state index in [1.165, 1.54) is 36.4 Å². The van der Waals surface area contributed by atoms with Gasteiger partial charge in [-0.2, -0.15) is 0 Å². The summed E-state index contributed by atoms with van der Waals surface area (Å²) in [5.41, 5.74) is 0.482. The maximum absolute atomic E-state index is 11.7. The molecular weight excluding hydrogens is 248 g/mol. The lowest BCUT2D eigenvalue weighted by molar-refractivity contribution is -0.384. The van der Waals surface area contributed by atoms with Gasteiger partial charge in [-0.25, -0.2) is 0 Å². The molecule has 0 radical (unpaired) electrons.